The predicted molar refractivity (Wildman–Crippen MR) is 73.1 cm³/mol. The number of aryl methyl sites for hydroxylation is 1. The maximum atomic E-state index is 10.7. The quantitative estimate of drug-likeness (QED) is 0.907. The molecule has 2 rings (SSSR count). The van der Waals surface area contributed by atoms with Gasteiger partial charge < -0.3 is 10.0 Å². The van der Waals surface area contributed by atoms with Gasteiger partial charge in [0.05, 0.1) is 0 Å². The molecule has 0 amide bonds. The average molecular weight is 257 g/mol. The van der Waals surface area contributed by atoms with Crippen LogP contribution in [0.5, 0.6) is 0 Å². The van der Waals surface area contributed by atoms with E-state index >= 15 is 0 Å². The molecule has 0 fully saturated rings. The van der Waals surface area contributed by atoms with E-state index < -0.39 is 5.97 Å². The zero-order valence-corrected chi connectivity index (χ0v) is 10.9. The van der Waals surface area contributed by atoms with Gasteiger partial charge in [-0.15, -0.1) is 0 Å². The van der Waals surface area contributed by atoms with Crippen LogP contribution >= 0.6 is 0 Å². The number of anilines is 1. The van der Waals surface area contributed by atoms with E-state index in [0.717, 1.165) is 5.56 Å². The molecule has 0 bridgehead atoms. The highest BCUT2D eigenvalue weighted by atomic mass is 16.4. The number of hydrogen-bond donors (Lipinski definition) is 1. The summed E-state index contributed by atoms with van der Waals surface area (Å²) in [7, 11) is 1.69. The van der Waals surface area contributed by atoms with Crippen LogP contribution in [0.2, 0.25) is 0 Å². The Morgan fingerprint density at radius 3 is 2.58 bits per heavy atom. The summed E-state index contributed by atoms with van der Waals surface area (Å²) < 4.78 is 0. The maximum absolute atomic E-state index is 10.7. The third-order valence-corrected chi connectivity index (χ3v) is 2.71. The molecule has 1 aromatic carbocycles. The molecule has 5 heteroatoms. The van der Waals surface area contributed by atoms with Crippen molar-refractivity contribution in [3.05, 3.63) is 42.1 Å². The molecule has 0 aliphatic heterocycles. The molecule has 0 unspecified atom stereocenters. The van der Waals surface area contributed by atoms with Crippen molar-refractivity contribution in [1.82, 2.24) is 9.97 Å². The van der Waals surface area contributed by atoms with Gasteiger partial charge >= 0.3 is 5.97 Å². The second-order valence-corrected chi connectivity index (χ2v) is 4.35. The molecule has 0 atom stereocenters. The third kappa shape index (κ3) is 3.28. The van der Waals surface area contributed by atoms with E-state index in [4.69, 9.17) is 5.11 Å². The lowest BCUT2D eigenvalue weighted by Gasteiger charge is -2.15. The zero-order valence-electron chi connectivity index (χ0n) is 10.9. The Hall–Kier alpha value is -2.43. The van der Waals surface area contributed by atoms with Crippen molar-refractivity contribution >= 4 is 11.8 Å². The van der Waals surface area contributed by atoms with E-state index in [9.17, 15) is 4.79 Å². The normalized spacial score (nSPS) is 10.2. The number of nitrogens with zero attached hydrogens (tertiary/aromatic N) is 3. The first-order chi connectivity index (χ1) is 9.06. The lowest BCUT2D eigenvalue weighted by atomic mass is 10.1. The van der Waals surface area contributed by atoms with E-state index in [-0.39, 0.29) is 6.54 Å². The summed E-state index contributed by atoms with van der Waals surface area (Å²) in [5, 5.41) is 8.78. The molecular formula is C14H15N3O2. The number of rotatable bonds is 4. The van der Waals surface area contributed by atoms with Crippen LogP contribution in [0.4, 0.5) is 5.82 Å². The van der Waals surface area contributed by atoms with Gasteiger partial charge in [-0.3, -0.25) is 4.79 Å². The molecule has 0 aliphatic carbocycles. The number of likely N-dealkylation sites (N-methyl/N-ethyl adjacent to an activating group) is 1. The van der Waals surface area contributed by atoms with Gasteiger partial charge in [0.1, 0.15) is 12.4 Å². The van der Waals surface area contributed by atoms with Gasteiger partial charge in [0.15, 0.2) is 5.82 Å². The molecule has 1 N–H and O–H groups in total. The second-order valence-electron chi connectivity index (χ2n) is 4.35. The Morgan fingerprint density at radius 2 is 1.95 bits per heavy atom. The minimum atomic E-state index is -0.891. The molecule has 1 heterocycles. The van der Waals surface area contributed by atoms with Crippen LogP contribution in [0.25, 0.3) is 11.4 Å². The van der Waals surface area contributed by atoms with Crippen molar-refractivity contribution in [3.63, 3.8) is 0 Å². The van der Waals surface area contributed by atoms with E-state index in [1.165, 1.54) is 5.56 Å². The SMILES string of the molecule is Cc1ccc(-c2nccc(N(C)CC(=O)O)n2)cc1. The number of hydrogen-bond acceptors (Lipinski definition) is 4. The Morgan fingerprint density at radius 1 is 1.26 bits per heavy atom. The zero-order chi connectivity index (χ0) is 13.8. The van der Waals surface area contributed by atoms with Gasteiger partial charge in [-0.1, -0.05) is 29.8 Å². The Balaban J connectivity index is 2.28. The van der Waals surface area contributed by atoms with Crippen molar-refractivity contribution < 1.29 is 9.90 Å². The number of aliphatic carboxylic acids is 1. The van der Waals surface area contributed by atoms with Gasteiger partial charge in [-0.05, 0) is 13.0 Å². The lowest BCUT2D eigenvalue weighted by molar-refractivity contribution is -0.135. The minimum absolute atomic E-state index is 0.0929. The van der Waals surface area contributed by atoms with Crippen LogP contribution in [0.15, 0.2) is 36.5 Å². The number of carboxylic acids is 1. The van der Waals surface area contributed by atoms with Crippen molar-refractivity contribution in [2.45, 2.75) is 6.92 Å². The summed E-state index contributed by atoms with van der Waals surface area (Å²) in [6.45, 7) is 1.92. The topological polar surface area (TPSA) is 66.3 Å². The fourth-order valence-corrected chi connectivity index (χ4v) is 1.69. The summed E-state index contributed by atoms with van der Waals surface area (Å²) in [4.78, 5) is 20.9. The number of carboxylic acid groups (broad SMARTS) is 1. The van der Waals surface area contributed by atoms with E-state index in [1.54, 1.807) is 24.2 Å². The molecule has 2 aromatic rings. The van der Waals surface area contributed by atoms with Crippen molar-refractivity contribution in [3.8, 4) is 11.4 Å². The summed E-state index contributed by atoms with van der Waals surface area (Å²) >= 11 is 0. The van der Waals surface area contributed by atoms with Crippen LogP contribution in [0.1, 0.15) is 5.56 Å². The van der Waals surface area contributed by atoms with Crippen molar-refractivity contribution in [1.29, 1.82) is 0 Å². The highest BCUT2D eigenvalue weighted by Gasteiger charge is 2.09. The number of carbonyl (C=O) groups is 1. The van der Waals surface area contributed by atoms with Crippen molar-refractivity contribution in [2.24, 2.45) is 0 Å². The molecule has 0 radical (unpaired) electrons. The first kappa shape index (κ1) is 13.0. The smallest absolute Gasteiger partial charge is 0.323 e. The molecule has 0 spiro atoms. The molecule has 19 heavy (non-hydrogen) atoms. The first-order valence-electron chi connectivity index (χ1n) is 5.89. The molecule has 0 saturated heterocycles. The van der Waals surface area contributed by atoms with E-state index in [2.05, 4.69) is 9.97 Å². The molecule has 0 aliphatic rings. The summed E-state index contributed by atoms with van der Waals surface area (Å²) in [5.74, 6) is 0.292. The fraction of sp³-hybridized carbons (Fsp3) is 0.214. The monoisotopic (exact) mass is 257 g/mol. The van der Waals surface area contributed by atoms with Crippen LogP contribution < -0.4 is 4.90 Å². The Labute approximate surface area is 111 Å². The van der Waals surface area contributed by atoms with Gasteiger partial charge in [-0.25, -0.2) is 9.97 Å². The summed E-state index contributed by atoms with van der Waals surface area (Å²) in [6.07, 6.45) is 1.63. The molecular weight excluding hydrogens is 242 g/mol. The van der Waals surface area contributed by atoms with Gasteiger partial charge in [0, 0.05) is 18.8 Å². The molecule has 1 aromatic heterocycles. The molecule has 5 nitrogen and oxygen atoms in total. The van der Waals surface area contributed by atoms with E-state index in [0.29, 0.717) is 11.6 Å². The highest BCUT2D eigenvalue weighted by Crippen LogP contribution is 2.18. The van der Waals surface area contributed by atoms with Crippen molar-refractivity contribution in [2.75, 3.05) is 18.5 Å². The largest absolute Gasteiger partial charge is 0.480 e. The van der Waals surface area contributed by atoms with Crippen LogP contribution in [-0.2, 0) is 4.79 Å². The Bertz CT molecular complexity index is 581. The minimum Gasteiger partial charge on any atom is -0.480 e. The van der Waals surface area contributed by atoms with Gasteiger partial charge in [0.25, 0.3) is 0 Å². The van der Waals surface area contributed by atoms with Gasteiger partial charge in [0.2, 0.25) is 0 Å². The summed E-state index contributed by atoms with van der Waals surface area (Å²) in [6, 6.07) is 9.58. The standard InChI is InChI=1S/C14H15N3O2/c1-10-3-5-11(6-4-10)14-15-8-7-12(16-14)17(2)9-13(18)19/h3-8H,9H2,1-2H3,(H,18,19). The Kier molecular flexibility index (Phi) is 3.75. The highest BCUT2D eigenvalue weighted by molar-refractivity contribution is 5.73. The molecule has 0 saturated carbocycles. The summed E-state index contributed by atoms with van der Waals surface area (Å²) in [5.41, 5.74) is 2.08. The second kappa shape index (κ2) is 5.48. The van der Waals surface area contributed by atoms with Crippen LogP contribution in [0, 0.1) is 6.92 Å². The van der Waals surface area contributed by atoms with Crippen LogP contribution in [-0.4, -0.2) is 34.6 Å². The predicted octanol–water partition coefficient (Wildman–Crippen LogP) is 1.97. The van der Waals surface area contributed by atoms with Crippen LogP contribution in [0.3, 0.4) is 0 Å². The average Bonchev–Trinajstić information content (AvgIpc) is 2.39. The maximum Gasteiger partial charge on any atom is 0.323 e. The number of benzene rings is 1. The fourth-order valence-electron chi connectivity index (χ4n) is 1.69. The van der Waals surface area contributed by atoms with Gasteiger partial charge in [-0.2, -0.15) is 0 Å². The lowest BCUT2D eigenvalue weighted by Crippen LogP contribution is -2.26. The third-order valence-electron chi connectivity index (χ3n) is 2.71. The first-order valence-corrected chi connectivity index (χ1v) is 5.89. The van der Waals surface area contributed by atoms with E-state index in [1.807, 2.05) is 31.2 Å². The molecule has 98 valence electrons. The number of aromatic nitrogens is 2.